The molecule has 0 aromatic heterocycles. The van der Waals surface area contributed by atoms with E-state index in [2.05, 4.69) is 10.6 Å². The molecule has 6 heteroatoms. The standard InChI is InChI=1S/C21H26N2O4/c1-25-19-12-7-15(13-20(19)26-2)14-22-21(24)23-16-8-10-18(11-9-16)27-17-5-3-4-6-17/h7-13,17H,3-6,14H2,1-2H3,(H2,22,23,24). The van der Waals surface area contributed by atoms with Crippen LogP contribution in [0.5, 0.6) is 17.2 Å². The molecule has 27 heavy (non-hydrogen) atoms. The number of benzene rings is 2. The number of hydrogen-bond donors (Lipinski definition) is 2. The summed E-state index contributed by atoms with van der Waals surface area (Å²) in [7, 11) is 3.18. The Hall–Kier alpha value is -2.89. The second-order valence-corrected chi connectivity index (χ2v) is 6.55. The first-order valence-corrected chi connectivity index (χ1v) is 9.20. The number of urea groups is 1. The molecule has 0 unspecified atom stereocenters. The first-order valence-electron chi connectivity index (χ1n) is 9.20. The Bertz CT molecular complexity index is 755. The predicted octanol–water partition coefficient (Wildman–Crippen LogP) is 4.35. The SMILES string of the molecule is COc1ccc(CNC(=O)Nc2ccc(OC3CCCC3)cc2)cc1OC. The van der Waals surface area contributed by atoms with E-state index in [0.29, 0.717) is 24.1 Å². The fourth-order valence-corrected chi connectivity index (χ4v) is 3.16. The van der Waals surface area contributed by atoms with Gasteiger partial charge in [-0.05, 0) is 67.6 Å². The number of anilines is 1. The van der Waals surface area contributed by atoms with Crippen molar-refractivity contribution in [1.82, 2.24) is 5.32 Å². The predicted molar refractivity (Wildman–Crippen MR) is 105 cm³/mol. The van der Waals surface area contributed by atoms with Crippen molar-refractivity contribution in [3.05, 3.63) is 48.0 Å². The van der Waals surface area contributed by atoms with Crippen molar-refractivity contribution in [3.8, 4) is 17.2 Å². The second kappa shape index (κ2) is 9.16. The molecule has 2 amide bonds. The minimum Gasteiger partial charge on any atom is -0.493 e. The van der Waals surface area contributed by atoms with E-state index in [0.717, 1.165) is 29.8 Å². The normalized spacial score (nSPS) is 13.9. The van der Waals surface area contributed by atoms with Gasteiger partial charge in [0.05, 0.1) is 20.3 Å². The largest absolute Gasteiger partial charge is 0.493 e. The molecule has 1 saturated carbocycles. The van der Waals surface area contributed by atoms with Gasteiger partial charge in [0.2, 0.25) is 0 Å². The molecule has 6 nitrogen and oxygen atoms in total. The number of carbonyl (C=O) groups excluding carboxylic acids is 1. The smallest absolute Gasteiger partial charge is 0.319 e. The Morgan fingerprint density at radius 2 is 1.70 bits per heavy atom. The van der Waals surface area contributed by atoms with Crippen molar-refractivity contribution in [2.45, 2.75) is 38.3 Å². The number of rotatable bonds is 7. The van der Waals surface area contributed by atoms with Crippen LogP contribution in [-0.4, -0.2) is 26.4 Å². The van der Waals surface area contributed by atoms with Gasteiger partial charge in [-0.3, -0.25) is 0 Å². The Morgan fingerprint density at radius 1 is 1.00 bits per heavy atom. The summed E-state index contributed by atoms with van der Waals surface area (Å²) < 4.78 is 16.4. The molecule has 0 spiro atoms. The lowest BCUT2D eigenvalue weighted by atomic mass is 10.2. The van der Waals surface area contributed by atoms with Crippen molar-refractivity contribution < 1.29 is 19.0 Å². The van der Waals surface area contributed by atoms with E-state index in [1.165, 1.54) is 12.8 Å². The van der Waals surface area contributed by atoms with Crippen LogP contribution in [0.1, 0.15) is 31.2 Å². The molecule has 2 N–H and O–H groups in total. The van der Waals surface area contributed by atoms with Gasteiger partial charge in [-0.15, -0.1) is 0 Å². The highest BCUT2D eigenvalue weighted by molar-refractivity contribution is 5.89. The summed E-state index contributed by atoms with van der Waals surface area (Å²) in [6, 6.07) is 12.8. The molecule has 3 rings (SSSR count). The van der Waals surface area contributed by atoms with Crippen molar-refractivity contribution in [2.24, 2.45) is 0 Å². The van der Waals surface area contributed by atoms with E-state index in [1.54, 1.807) is 14.2 Å². The van der Waals surface area contributed by atoms with Crippen molar-refractivity contribution in [1.29, 1.82) is 0 Å². The lowest BCUT2D eigenvalue weighted by molar-refractivity contribution is 0.210. The van der Waals surface area contributed by atoms with E-state index in [-0.39, 0.29) is 6.03 Å². The van der Waals surface area contributed by atoms with Crippen LogP contribution in [0.4, 0.5) is 10.5 Å². The quantitative estimate of drug-likeness (QED) is 0.760. The first-order chi connectivity index (χ1) is 13.2. The van der Waals surface area contributed by atoms with Crippen LogP contribution in [-0.2, 0) is 6.54 Å². The van der Waals surface area contributed by atoms with Crippen LogP contribution < -0.4 is 24.8 Å². The van der Waals surface area contributed by atoms with Gasteiger partial charge in [0.15, 0.2) is 11.5 Å². The summed E-state index contributed by atoms with van der Waals surface area (Å²) in [5.74, 6) is 2.14. The Labute approximate surface area is 159 Å². The molecule has 0 radical (unpaired) electrons. The van der Waals surface area contributed by atoms with Gasteiger partial charge in [0.25, 0.3) is 0 Å². The van der Waals surface area contributed by atoms with E-state index >= 15 is 0 Å². The Morgan fingerprint density at radius 3 is 2.37 bits per heavy atom. The molecule has 0 saturated heterocycles. The van der Waals surface area contributed by atoms with Crippen LogP contribution in [0.3, 0.4) is 0 Å². The number of ether oxygens (including phenoxy) is 3. The first kappa shape index (κ1) is 18.9. The van der Waals surface area contributed by atoms with Crippen LogP contribution >= 0.6 is 0 Å². The molecule has 0 aliphatic heterocycles. The van der Waals surface area contributed by atoms with Crippen LogP contribution in [0.25, 0.3) is 0 Å². The lowest BCUT2D eigenvalue weighted by Crippen LogP contribution is -2.28. The third-order valence-electron chi connectivity index (χ3n) is 4.62. The highest BCUT2D eigenvalue weighted by atomic mass is 16.5. The van der Waals surface area contributed by atoms with E-state index < -0.39 is 0 Å². The van der Waals surface area contributed by atoms with Crippen LogP contribution in [0.2, 0.25) is 0 Å². The summed E-state index contributed by atoms with van der Waals surface area (Å²) in [5, 5.41) is 5.65. The van der Waals surface area contributed by atoms with Gasteiger partial charge in [-0.1, -0.05) is 6.07 Å². The number of hydrogen-bond acceptors (Lipinski definition) is 4. The highest BCUT2D eigenvalue weighted by Gasteiger charge is 2.16. The molecule has 0 bridgehead atoms. The van der Waals surface area contributed by atoms with Gasteiger partial charge in [0.1, 0.15) is 5.75 Å². The molecule has 0 atom stereocenters. The van der Waals surface area contributed by atoms with Crippen molar-refractivity contribution in [2.75, 3.05) is 19.5 Å². The molecule has 0 heterocycles. The third kappa shape index (κ3) is 5.29. The van der Waals surface area contributed by atoms with Gasteiger partial charge >= 0.3 is 6.03 Å². The Kier molecular flexibility index (Phi) is 6.41. The van der Waals surface area contributed by atoms with Crippen molar-refractivity contribution in [3.63, 3.8) is 0 Å². The topological polar surface area (TPSA) is 68.8 Å². The summed E-state index contributed by atoms with van der Waals surface area (Å²) in [6.45, 7) is 0.384. The van der Waals surface area contributed by atoms with Gasteiger partial charge in [-0.2, -0.15) is 0 Å². The maximum absolute atomic E-state index is 12.1. The zero-order chi connectivity index (χ0) is 19.1. The zero-order valence-electron chi connectivity index (χ0n) is 15.8. The average molecular weight is 370 g/mol. The molecule has 1 aliphatic rings. The maximum atomic E-state index is 12.1. The number of amides is 2. The van der Waals surface area contributed by atoms with Gasteiger partial charge in [-0.25, -0.2) is 4.79 Å². The average Bonchev–Trinajstić information content (AvgIpc) is 3.20. The van der Waals surface area contributed by atoms with Gasteiger partial charge in [0, 0.05) is 12.2 Å². The molecule has 1 aliphatic carbocycles. The van der Waals surface area contributed by atoms with E-state index in [4.69, 9.17) is 14.2 Å². The number of carbonyl (C=O) groups is 1. The van der Waals surface area contributed by atoms with Crippen LogP contribution in [0.15, 0.2) is 42.5 Å². The summed E-state index contributed by atoms with van der Waals surface area (Å²) in [4.78, 5) is 12.1. The van der Waals surface area contributed by atoms with Crippen LogP contribution in [0, 0.1) is 0 Å². The monoisotopic (exact) mass is 370 g/mol. The van der Waals surface area contributed by atoms with Gasteiger partial charge < -0.3 is 24.8 Å². The van der Waals surface area contributed by atoms with E-state index in [9.17, 15) is 4.79 Å². The highest BCUT2D eigenvalue weighted by Crippen LogP contribution is 2.27. The summed E-state index contributed by atoms with van der Waals surface area (Å²) >= 11 is 0. The molecular formula is C21H26N2O4. The van der Waals surface area contributed by atoms with Crippen molar-refractivity contribution >= 4 is 11.7 Å². The maximum Gasteiger partial charge on any atom is 0.319 e. The summed E-state index contributed by atoms with van der Waals surface area (Å²) in [5.41, 5.74) is 1.64. The zero-order valence-corrected chi connectivity index (χ0v) is 15.8. The minimum absolute atomic E-state index is 0.269. The molecule has 144 valence electrons. The molecule has 2 aromatic rings. The second-order valence-electron chi connectivity index (χ2n) is 6.55. The number of methoxy groups -OCH3 is 2. The minimum atomic E-state index is -0.269. The fraction of sp³-hybridized carbons (Fsp3) is 0.381. The van der Waals surface area contributed by atoms with E-state index in [1.807, 2.05) is 42.5 Å². The number of nitrogens with one attached hydrogen (secondary N) is 2. The Balaban J connectivity index is 1.48. The molecule has 1 fully saturated rings. The third-order valence-corrected chi connectivity index (χ3v) is 4.62. The lowest BCUT2D eigenvalue weighted by Gasteiger charge is -2.14. The fourth-order valence-electron chi connectivity index (χ4n) is 3.16. The summed E-state index contributed by atoms with van der Waals surface area (Å²) in [6.07, 6.45) is 5.06. The molecular weight excluding hydrogens is 344 g/mol. The molecule has 2 aromatic carbocycles.